The summed E-state index contributed by atoms with van der Waals surface area (Å²) < 4.78 is 5.16. The Morgan fingerprint density at radius 1 is 1.29 bits per heavy atom. The monoisotopic (exact) mass is 338 g/mol. The minimum Gasteiger partial charge on any atom is -0.497 e. The lowest BCUT2D eigenvalue weighted by Crippen LogP contribution is -2.00. The Kier molecular flexibility index (Phi) is 3.83. The number of hydrogen-bond donors (Lipinski definition) is 2. The number of rotatable bonds is 3. The number of fused-ring (bicyclic) bond motifs is 1. The minimum atomic E-state index is -0.145. The van der Waals surface area contributed by atoms with Crippen LogP contribution >= 0.6 is 11.3 Å². The maximum atomic E-state index is 11.8. The van der Waals surface area contributed by atoms with Crippen LogP contribution in [0, 0.1) is 11.3 Å². The molecule has 0 saturated heterocycles. The van der Waals surface area contributed by atoms with Gasteiger partial charge in [-0.1, -0.05) is 12.1 Å². The van der Waals surface area contributed by atoms with E-state index >= 15 is 0 Å². The van der Waals surface area contributed by atoms with Crippen molar-refractivity contribution in [3.05, 3.63) is 34.7 Å². The van der Waals surface area contributed by atoms with E-state index in [-0.39, 0.29) is 17.2 Å². The molecule has 0 aliphatic heterocycles. The summed E-state index contributed by atoms with van der Waals surface area (Å²) in [5, 5.41) is 10.1. The van der Waals surface area contributed by atoms with Gasteiger partial charge in [0.15, 0.2) is 5.78 Å². The summed E-state index contributed by atoms with van der Waals surface area (Å²) in [6.07, 6.45) is 0. The smallest absolute Gasteiger partial charge is 0.171 e. The van der Waals surface area contributed by atoms with Crippen molar-refractivity contribution in [3.63, 3.8) is 0 Å². The number of ether oxygens (including phenoxy) is 1. The number of nitrogen functional groups attached to an aromatic ring is 2. The van der Waals surface area contributed by atoms with Gasteiger partial charge in [0.05, 0.1) is 17.7 Å². The number of carbonyl (C=O) groups is 1. The first kappa shape index (κ1) is 15.8. The van der Waals surface area contributed by atoms with E-state index in [0.29, 0.717) is 32.1 Å². The number of benzene rings is 1. The number of thiophene rings is 1. The molecule has 0 radical (unpaired) electrons. The molecule has 1 aromatic carbocycles. The molecule has 2 heterocycles. The molecular weight excluding hydrogens is 324 g/mol. The first-order chi connectivity index (χ1) is 11.5. The SMILES string of the molecule is COc1ccc(-c2c(C#N)c(N)nc3sc(C(C)=O)c(N)c23)cc1. The van der Waals surface area contributed by atoms with Crippen LogP contribution in [0.5, 0.6) is 5.75 Å². The number of pyridine rings is 1. The summed E-state index contributed by atoms with van der Waals surface area (Å²) in [5.41, 5.74) is 14.0. The van der Waals surface area contributed by atoms with Gasteiger partial charge in [0.1, 0.15) is 28.0 Å². The van der Waals surface area contributed by atoms with E-state index in [9.17, 15) is 10.1 Å². The molecule has 2 aromatic heterocycles. The van der Waals surface area contributed by atoms with E-state index in [1.165, 1.54) is 18.3 Å². The number of nitrogens with zero attached hydrogens (tertiary/aromatic N) is 2. The number of anilines is 2. The normalized spacial score (nSPS) is 10.5. The predicted molar refractivity (Wildman–Crippen MR) is 95.2 cm³/mol. The average molecular weight is 338 g/mol. The Balaban J connectivity index is 2.42. The van der Waals surface area contributed by atoms with E-state index in [1.54, 1.807) is 19.2 Å². The minimum absolute atomic E-state index is 0.118. The van der Waals surface area contributed by atoms with Crippen molar-refractivity contribution in [1.29, 1.82) is 5.26 Å². The van der Waals surface area contributed by atoms with Gasteiger partial charge in [-0.25, -0.2) is 4.98 Å². The fourth-order valence-corrected chi connectivity index (χ4v) is 3.60. The van der Waals surface area contributed by atoms with Gasteiger partial charge in [-0.2, -0.15) is 5.26 Å². The van der Waals surface area contributed by atoms with Crippen LogP contribution in [0.1, 0.15) is 22.2 Å². The standard InChI is InChI=1S/C17H14N4O2S/c1-8(22)15-14(19)13-12(9-3-5-10(23-2)6-4-9)11(7-18)16(20)21-17(13)24-15/h3-6H,19H2,1-2H3,(H2,20,21). The Bertz CT molecular complexity index is 1000. The molecule has 4 N–H and O–H groups in total. The number of nitrogens with two attached hydrogens (primary N) is 2. The predicted octanol–water partition coefficient (Wildman–Crippen LogP) is 3.21. The molecule has 7 heteroatoms. The molecule has 0 fully saturated rings. The van der Waals surface area contributed by atoms with Gasteiger partial charge in [-0.3, -0.25) is 4.79 Å². The van der Waals surface area contributed by atoms with Crippen molar-refractivity contribution in [1.82, 2.24) is 4.98 Å². The van der Waals surface area contributed by atoms with Crippen LogP contribution < -0.4 is 16.2 Å². The summed E-state index contributed by atoms with van der Waals surface area (Å²) >= 11 is 1.18. The van der Waals surface area contributed by atoms with Crippen molar-refractivity contribution < 1.29 is 9.53 Å². The summed E-state index contributed by atoms with van der Waals surface area (Å²) in [6, 6.07) is 9.30. The van der Waals surface area contributed by atoms with Gasteiger partial charge in [0, 0.05) is 17.9 Å². The maximum absolute atomic E-state index is 11.8. The van der Waals surface area contributed by atoms with E-state index < -0.39 is 0 Å². The average Bonchev–Trinajstić information content (AvgIpc) is 2.90. The molecule has 6 nitrogen and oxygen atoms in total. The number of methoxy groups -OCH3 is 1. The van der Waals surface area contributed by atoms with Crippen LogP contribution in [0.25, 0.3) is 21.3 Å². The van der Waals surface area contributed by atoms with E-state index in [4.69, 9.17) is 16.2 Å². The number of ketones is 1. The molecule has 0 unspecified atom stereocenters. The Labute approximate surface area is 142 Å². The van der Waals surface area contributed by atoms with Crippen LogP contribution in [0.2, 0.25) is 0 Å². The van der Waals surface area contributed by atoms with Crippen molar-refractivity contribution in [2.75, 3.05) is 18.6 Å². The van der Waals surface area contributed by atoms with Gasteiger partial charge in [-0.05, 0) is 17.7 Å². The van der Waals surface area contributed by atoms with E-state index in [0.717, 1.165) is 5.56 Å². The molecule has 0 amide bonds. The van der Waals surface area contributed by atoms with Crippen LogP contribution in [-0.2, 0) is 0 Å². The lowest BCUT2D eigenvalue weighted by atomic mass is 9.97. The molecule has 0 saturated carbocycles. The number of carbonyl (C=O) groups excluding carboxylic acids is 1. The number of aromatic nitrogens is 1. The van der Waals surface area contributed by atoms with Crippen LogP contribution in [0.3, 0.4) is 0 Å². The molecule has 120 valence electrons. The largest absolute Gasteiger partial charge is 0.497 e. The highest BCUT2D eigenvalue weighted by molar-refractivity contribution is 7.21. The van der Waals surface area contributed by atoms with Crippen LogP contribution in [0.15, 0.2) is 24.3 Å². The van der Waals surface area contributed by atoms with Crippen molar-refractivity contribution in [2.24, 2.45) is 0 Å². The third kappa shape index (κ3) is 2.33. The quantitative estimate of drug-likeness (QED) is 0.709. The third-order valence-corrected chi connectivity index (χ3v) is 4.92. The lowest BCUT2D eigenvalue weighted by Gasteiger charge is -2.10. The fraction of sp³-hybridized carbons (Fsp3) is 0.118. The van der Waals surface area contributed by atoms with Gasteiger partial charge in [-0.15, -0.1) is 11.3 Å². The Morgan fingerprint density at radius 2 is 1.96 bits per heavy atom. The summed E-state index contributed by atoms with van der Waals surface area (Å²) in [5.74, 6) is 0.665. The molecule has 3 aromatic rings. The van der Waals surface area contributed by atoms with Crippen molar-refractivity contribution >= 4 is 38.8 Å². The molecule has 24 heavy (non-hydrogen) atoms. The first-order valence-corrected chi connectivity index (χ1v) is 7.86. The summed E-state index contributed by atoms with van der Waals surface area (Å²) in [7, 11) is 1.58. The molecule has 3 rings (SSSR count). The van der Waals surface area contributed by atoms with Crippen LogP contribution in [-0.4, -0.2) is 17.9 Å². The first-order valence-electron chi connectivity index (χ1n) is 7.04. The number of nitriles is 1. The number of hydrogen-bond acceptors (Lipinski definition) is 7. The van der Waals surface area contributed by atoms with Crippen molar-refractivity contribution in [2.45, 2.75) is 6.92 Å². The molecule has 0 aliphatic rings. The molecule has 0 bridgehead atoms. The second-order valence-corrected chi connectivity index (χ2v) is 6.17. The maximum Gasteiger partial charge on any atom is 0.171 e. The van der Waals surface area contributed by atoms with Crippen molar-refractivity contribution in [3.8, 4) is 22.9 Å². The zero-order valence-corrected chi connectivity index (χ0v) is 13.9. The molecule has 0 atom stereocenters. The van der Waals surface area contributed by atoms with Gasteiger partial charge < -0.3 is 16.2 Å². The second-order valence-electron chi connectivity index (χ2n) is 5.17. The highest BCUT2D eigenvalue weighted by Gasteiger charge is 2.22. The van der Waals surface area contributed by atoms with Gasteiger partial charge in [0.25, 0.3) is 0 Å². The lowest BCUT2D eigenvalue weighted by molar-refractivity contribution is 0.102. The second kappa shape index (κ2) is 5.83. The number of Topliss-reactive ketones (excluding diaryl/α,β-unsaturated/α-hetero) is 1. The highest BCUT2D eigenvalue weighted by atomic mass is 32.1. The van der Waals surface area contributed by atoms with E-state index in [2.05, 4.69) is 11.1 Å². The Hall–Kier alpha value is -3.11. The topological polar surface area (TPSA) is 115 Å². The van der Waals surface area contributed by atoms with Crippen LogP contribution in [0.4, 0.5) is 11.5 Å². The fourth-order valence-electron chi connectivity index (χ4n) is 2.59. The van der Waals surface area contributed by atoms with E-state index in [1.807, 2.05) is 12.1 Å². The zero-order chi connectivity index (χ0) is 17.4. The summed E-state index contributed by atoms with van der Waals surface area (Å²) in [6.45, 7) is 1.45. The third-order valence-electron chi connectivity index (χ3n) is 3.71. The van der Waals surface area contributed by atoms with Gasteiger partial charge >= 0.3 is 0 Å². The zero-order valence-electron chi connectivity index (χ0n) is 13.1. The Morgan fingerprint density at radius 3 is 2.50 bits per heavy atom. The molecular formula is C17H14N4O2S. The highest BCUT2D eigenvalue weighted by Crippen LogP contribution is 2.42. The molecule has 0 aliphatic carbocycles. The van der Waals surface area contributed by atoms with Gasteiger partial charge in [0.2, 0.25) is 0 Å². The summed E-state index contributed by atoms with van der Waals surface area (Å²) in [4.78, 5) is 17.0. The molecule has 0 spiro atoms.